The van der Waals surface area contributed by atoms with Crippen LogP contribution in [0.3, 0.4) is 0 Å². The highest BCUT2D eigenvalue weighted by Gasteiger charge is 2.25. The van der Waals surface area contributed by atoms with E-state index in [9.17, 15) is 49.5 Å². The van der Waals surface area contributed by atoms with Crippen LogP contribution >= 0.6 is 0 Å². The van der Waals surface area contributed by atoms with Crippen LogP contribution in [0, 0.1) is 30.3 Å². The van der Waals surface area contributed by atoms with Gasteiger partial charge in [-0.3, -0.25) is 39.9 Å². The summed E-state index contributed by atoms with van der Waals surface area (Å²) in [6.45, 7) is -1.75. The molecule has 3 aromatic carbocycles. The van der Waals surface area contributed by atoms with Crippen molar-refractivity contribution in [3.05, 3.63) is 125 Å². The summed E-state index contributed by atoms with van der Waals surface area (Å²) in [7, 11) is 0. The van der Waals surface area contributed by atoms with Crippen molar-refractivity contribution in [2.75, 3.05) is 13.2 Å². The number of hydrogen-bond acceptors (Lipinski definition) is 12. The molecule has 15 nitrogen and oxygen atoms in total. The predicted molar refractivity (Wildman–Crippen MR) is 138 cm³/mol. The molecule has 0 N–H and O–H groups in total. The maximum absolute atomic E-state index is 12.8. The Morgan fingerprint density at radius 2 is 1.02 bits per heavy atom. The first kappa shape index (κ1) is 29.4. The molecule has 0 saturated heterocycles. The van der Waals surface area contributed by atoms with Crippen molar-refractivity contribution in [3.63, 3.8) is 0 Å². The normalized spacial score (nSPS) is 10.1. The van der Waals surface area contributed by atoms with Crippen LogP contribution in [0.25, 0.3) is 6.08 Å². The quantitative estimate of drug-likeness (QED) is 0.0587. The summed E-state index contributed by atoms with van der Waals surface area (Å²) in [5.74, 6) is -4.24. The van der Waals surface area contributed by atoms with Crippen LogP contribution in [0.1, 0.15) is 26.3 Å². The molecule has 0 aliphatic rings. The van der Waals surface area contributed by atoms with Crippen LogP contribution < -0.4 is 0 Å². The average molecular weight is 563 g/mol. The SMILES string of the molecule is O=C(OCC(=O)c1ccc([N+](=O)[O-])cc1)C(=Cc1cccc([N+](=O)[O-])c1)C(=O)OCC(=O)c1ccc([N+](=O)[O-])cc1. The number of non-ortho nitro benzene ring substituents is 3. The van der Waals surface area contributed by atoms with Crippen molar-refractivity contribution in [3.8, 4) is 0 Å². The number of nitro benzene ring substituents is 3. The Bertz CT molecular complexity index is 1490. The second-order valence-electron chi connectivity index (χ2n) is 8.02. The summed E-state index contributed by atoms with van der Waals surface area (Å²) >= 11 is 0. The number of esters is 2. The third-order valence-corrected chi connectivity index (χ3v) is 5.30. The van der Waals surface area contributed by atoms with Gasteiger partial charge < -0.3 is 9.47 Å². The first-order valence-corrected chi connectivity index (χ1v) is 11.3. The van der Waals surface area contributed by atoms with Crippen LogP contribution in [0.15, 0.2) is 78.4 Å². The van der Waals surface area contributed by atoms with Gasteiger partial charge in [-0.1, -0.05) is 12.1 Å². The minimum absolute atomic E-state index is 0.0199. The number of hydrogen-bond donors (Lipinski definition) is 0. The van der Waals surface area contributed by atoms with E-state index in [1.165, 1.54) is 18.2 Å². The predicted octanol–water partition coefficient (Wildman–Crippen LogP) is 3.65. The number of carbonyl (C=O) groups is 4. The molecule has 15 heteroatoms. The molecule has 0 radical (unpaired) electrons. The van der Waals surface area contributed by atoms with Crippen LogP contribution in [-0.2, 0) is 19.1 Å². The Morgan fingerprint density at radius 3 is 1.41 bits per heavy atom. The molecular formula is C26H17N3O12. The van der Waals surface area contributed by atoms with E-state index >= 15 is 0 Å². The molecule has 0 aliphatic heterocycles. The summed E-state index contributed by atoms with van der Waals surface area (Å²) in [5.41, 5.74) is -1.74. The maximum Gasteiger partial charge on any atom is 0.346 e. The van der Waals surface area contributed by atoms with Gasteiger partial charge in [-0.25, -0.2) is 9.59 Å². The molecule has 0 amide bonds. The van der Waals surface area contributed by atoms with Crippen LogP contribution in [0.5, 0.6) is 0 Å². The minimum Gasteiger partial charge on any atom is -0.453 e. The lowest BCUT2D eigenvalue weighted by Gasteiger charge is -2.09. The van der Waals surface area contributed by atoms with E-state index < -0.39 is 57.1 Å². The van der Waals surface area contributed by atoms with Gasteiger partial charge in [0.1, 0.15) is 5.57 Å². The van der Waals surface area contributed by atoms with Crippen molar-refractivity contribution in [2.45, 2.75) is 0 Å². The average Bonchev–Trinajstić information content (AvgIpc) is 2.97. The van der Waals surface area contributed by atoms with E-state index in [4.69, 9.17) is 9.47 Å². The molecule has 0 bridgehead atoms. The molecule has 0 atom stereocenters. The molecule has 0 aliphatic carbocycles. The molecule has 0 fully saturated rings. The highest BCUT2D eigenvalue weighted by molar-refractivity contribution is 6.18. The first-order chi connectivity index (χ1) is 19.5. The fourth-order valence-electron chi connectivity index (χ4n) is 3.22. The third-order valence-electron chi connectivity index (χ3n) is 5.30. The maximum atomic E-state index is 12.8. The summed E-state index contributed by atoms with van der Waals surface area (Å²) in [6.07, 6.45) is 0.907. The molecule has 208 valence electrons. The number of Topliss-reactive ketones (excluding diaryl/α,β-unsaturated/α-hetero) is 2. The Morgan fingerprint density at radius 1 is 0.610 bits per heavy atom. The number of rotatable bonds is 12. The number of nitro groups is 3. The second kappa shape index (κ2) is 13.1. The van der Waals surface area contributed by atoms with Gasteiger partial charge in [-0.2, -0.15) is 0 Å². The number of benzene rings is 3. The number of ether oxygens (including phenoxy) is 2. The van der Waals surface area contributed by atoms with Gasteiger partial charge in [0.05, 0.1) is 14.8 Å². The highest BCUT2D eigenvalue weighted by atomic mass is 16.6. The monoisotopic (exact) mass is 563 g/mol. The topological polar surface area (TPSA) is 216 Å². The van der Waals surface area contributed by atoms with Gasteiger partial charge in [0.2, 0.25) is 0 Å². The molecule has 0 spiro atoms. The first-order valence-electron chi connectivity index (χ1n) is 11.3. The molecule has 41 heavy (non-hydrogen) atoms. The highest BCUT2D eigenvalue weighted by Crippen LogP contribution is 2.18. The van der Waals surface area contributed by atoms with Crippen LogP contribution in [0.4, 0.5) is 17.1 Å². The third kappa shape index (κ3) is 7.93. The molecule has 0 aromatic heterocycles. The molecule has 0 saturated carbocycles. The van der Waals surface area contributed by atoms with Crippen molar-refractivity contribution < 1.29 is 43.4 Å². The van der Waals surface area contributed by atoms with Gasteiger partial charge >= 0.3 is 11.9 Å². The van der Waals surface area contributed by atoms with E-state index in [2.05, 4.69) is 0 Å². The van der Waals surface area contributed by atoms with Crippen LogP contribution in [0.2, 0.25) is 0 Å². The number of carbonyl (C=O) groups excluding carboxylic acids is 4. The Hall–Kier alpha value is -6.12. The molecule has 3 aromatic rings. The summed E-state index contributed by atoms with van der Waals surface area (Å²) in [6, 6.07) is 13.7. The van der Waals surface area contributed by atoms with Gasteiger partial charge in [-0.05, 0) is 35.9 Å². The van der Waals surface area contributed by atoms with Crippen molar-refractivity contribution >= 4 is 46.6 Å². The lowest BCUT2D eigenvalue weighted by Crippen LogP contribution is -2.23. The molecule has 0 heterocycles. The molecule has 3 rings (SSSR count). The van der Waals surface area contributed by atoms with Crippen molar-refractivity contribution in [2.24, 2.45) is 0 Å². The van der Waals surface area contributed by atoms with E-state index in [1.54, 1.807) is 0 Å². The Kier molecular flexibility index (Phi) is 9.40. The van der Waals surface area contributed by atoms with Gasteiger partial charge in [0.25, 0.3) is 17.1 Å². The summed E-state index contributed by atoms with van der Waals surface area (Å²) < 4.78 is 9.84. The van der Waals surface area contributed by atoms with Crippen molar-refractivity contribution in [1.82, 2.24) is 0 Å². The summed E-state index contributed by atoms with van der Waals surface area (Å²) in [4.78, 5) is 81.0. The fraction of sp³-hybridized carbons (Fsp3) is 0.0769. The van der Waals surface area contributed by atoms with Gasteiger partial charge in [0.15, 0.2) is 24.8 Å². The zero-order valence-electron chi connectivity index (χ0n) is 20.7. The lowest BCUT2D eigenvalue weighted by atomic mass is 10.1. The van der Waals surface area contributed by atoms with E-state index in [0.717, 1.165) is 60.7 Å². The zero-order chi connectivity index (χ0) is 30.1. The summed E-state index contributed by atoms with van der Waals surface area (Å²) in [5, 5.41) is 32.7. The Labute approximate surface area is 229 Å². The molecular weight excluding hydrogens is 546 g/mol. The lowest BCUT2D eigenvalue weighted by molar-refractivity contribution is -0.385. The van der Waals surface area contributed by atoms with Crippen LogP contribution in [-0.4, -0.2) is 51.5 Å². The van der Waals surface area contributed by atoms with Gasteiger partial charge in [-0.15, -0.1) is 0 Å². The van der Waals surface area contributed by atoms with Gasteiger partial charge in [0, 0.05) is 47.5 Å². The van der Waals surface area contributed by atoms with E-state index in [-0.39, 0.29) is 33.8 Å². The minimum atomic E-state index is -1.36. The second-order valence-corrected chi connectivity index (χ2v) is 8.02. The van der Waals surface area contributed by atoms with E-state index in [1.807, 2.05) is 0 Å². The standard InChI is InChI=1S/C26H17N3O12/c30-23(17-4-8-19(9-5-17)27(34)35)14-40-25(32)22(13-16-2-1-3-21(12-16)29(38)39)26(33)41-15-24(31)18-6-10-20(11-7-18)28(36)37/h1-13H,14-15H2. The molecule has 0 unspecified atom stereocenters. The van der Waals surface area contributed by atoms with E-state index in [0.29, 0.717) is 0 Å². The smallest absolute Gasteiger partial charge is 0.346 e. The largest absolute Gasteiger partial charge is 0.453 e. The van der Waals surface area contributed by atoms with Crippen molar-refractivity contribution in [1.29, 1.82) is 0 Å². The Balaban J connectivity index is 1.78. The fourth-order valence-corrected chi connectivity index (χ4v) is 3.22. The number of ketones is 2. The zero-order valence-corrected chi connectivity index (χ0v) is 20.7. The number of nitrogens with zero attached hydrogens (tertiary/aromatic N) is 3.